The molecule has 0 unspecified atom stereocenters. The second-order valence-corrected chi connectivity index (χ2v) is 3.87. The number of carbonyl (C=O) groups excluding carboxylic acids is 1. The molecule has 16 heavy (non-hydrogen) atoms. The molecule has 0 bridgehead atoms. The van der Waals surface area contributed by atoms with Crippen molar-refractivity contribution >= 4 is 5.91 Å². The van der Waals surface area contributed by atoms with Crippen molar-refractivity contribution in [3.8, 4) is 0 Å². The molecule has 1 aliphatic heterocycles. The van der Waals surface area contributed by atoms with Crippen molar-refractivity contribution in [3.05, 3.63) is 11.9 Å². The average Bonchev–Trinajstić information content (AvgIpc) is 2.66. The largest absolute Gasteiger partial charge is 0.338 e. The molecule has 1 aromatic heterocycles. The molecule has 1 amide bonds. The molecule has 1 aromatic rings. The molecule has 6 nitrogen and oxygen atoms in total. The van der Waals surface area contributed by atoms with Crippen LogP contribution in [0, 0.1) is 0 Å². The molecule has 0 aromatic carbocycles. The van der Waals surface area contributed by atoms with Crippen molar-refractivity contribution in [1.82, 2.24) is 25.2 Å². The Kier molecular flexibility index (Phi) is 3.19. The second kappa shape index (κ2) is 4.61. The van der Waals surface area contributed by atoms with Crippen LogP contribution in [0.2, 0.25) is 0 Å². The Morgan fingerprint density at radius 2 is 2.25 bits per heavy atom. The fraction of sp³-hybridized carbons (Fsp3) is 0.700. The van der Waals surface area contributed by atoms with Gasteiger partial charge in [-0.1, -0.05) is 5.21 Å². The number of amides is 1. The summed E-state index contributed by atoms with van der Waals surface area (Å²) in [5, 5.41) is 11.1. The van der Waals surface area contributed by atoms with Crippen LogP contribution < -0.4 is 5.32 Å². The Morgan fingerprint density at radius 1 is 1.56 bits per heavy atom. The maximum atomic E-state index is 11.9. The molecule has 88 valence electrons. The summed E-state index contributed by atoms with van der Waals surface area (Å²) in [5.74, 6) is -0.0384. The first kappa shape index (κ1) is 11.1. The summed E-state index contributed by atoms with van der Waals surface area (Å²) < 4.78 is 1.77. The highest BCUT2D eigenvalue weighted by Gasteiger charge is 2.22. The molecular weight excluding hydrogens is 206 g/mol. The molecule has 0 aliphatic carbocycles. The van der Waals surface area contributed by atoms with Crippen LogP contribution >= 0.6 is 0 Å². The summed E-state index contributed by atoms with van der Waals surface area (Å²) in [4.78, 5) is 13.7. The van der Waals surface area contributed by atoms with E-state index in [0.717, 1.165) is 13.1 Å². The topological polar surface area (TPSA) is 63.1 Å². The molecule has 0 atom stereocenters. The van der Waals surface area contributed by atoms with Crippen LogP contribution in [0.4, 0.5) is 0 Å². The Bertz CT molecular complexity index is 367. The SMILES string of the molecule is CCN(CC)C(=O)c1cn(C2CNC2)nn1. The normalized spacial score (nSPS) is 15.9. The van der Waals surface area contributed by atoms with E-state index in [2.05, 4.69) is 15.6 Å². The quantitative estimate of drug-likeness (QED) is 0.774. The van der Waals surface area contributed by atoms with Gasteiger partial charge in [-0.3, -0.25) is 4.79 Å². The fourth-order valence-electron chi connectivity index (χ4n) is 1.69. The fourth-order valence-corrected chi connectivity index (χ4v) is 1.69. The summed E-state index contributed by atoms with van der Waals surface area (Å²) in [7, 11) is 0. The van der Waals surface area contributed by atoms with Gasteiger partial charge in [-0.2, -0.15) is 0 Å². The zero-order valence-electron chi connectivity index (χ0n) is 9.68. The third-order valence-corrected chi connectivity index (χ3v) is 2.91. The lowest BCUT2D eigenvalue weighted by atomic mass is 10.2. The second-order valence-electron chi connectivity index (χ2n) is 3.87. The predicted octanol–water partition coefficient (Wildman–Crippen LogP) is -0.0956. The van der Waals surface area contributed by atoms with Crippen LogP contribution in [0.3, 0.4) is 0 Å². The minimum atomic E-state index is -0.0384. The Balaban J connectivity index is 2.08. The Hall–Kier alpha value is -1.43. The number of nitrogens with one attached hydrogen (secondary N) is 1. The van der Waals surface area contributed by atoms with Gasteiger partial charge in [-0.15, -0.1) is 5.10 Å². The average molecular weight is 223 g/mol. The number of hydrogen-bond acceptors (Lipinski definition) is 4. The lowest BCUT2D eigenvalue weighted by molar-refractivity contribution is 0.0767. The van der Waals surface area contributed by atoms with Crippen molar-refractivity contribution in [2.45, 2.75) is 19.9 Å². The monoisotopic (exact) mass is 223 g/mol. The molecule has 0 radical (unpaired) electrons. The van der Waals surface area contributed by atoms with Gasteiger partial charge in [0.2, 0.25) is 0 Å². The first-order valence-electron chi connectivity index (χ1n) is 5.68. The molecule has 2 rings (SSSR count). The first-order chi connectivity index (χ1) is 7.76. The van der Waals surface area contributed by atoms with Crippen LogP contribution in [0.1, 0.15) is 30.4 Å². The standard InChI is InChI=1S/C10H17N5O/c1-3-14(4-2)10(16)9-7-15(13-12-9)8-5-11-6-8/h7-8,11H,3-6H2,1-2H3. The smallest absolute Gasteiger partial charge is 0.276 e. The lowest BCUT2D eigenvalue weighted by Gasteiger charge is -2.26. The van der Waals surface area contributed by atoms with Crippen LogP contribution in [-0.4, -0.2) is 52.0 Å². The zero-order chi connectivity index (χ0) is 11.5. The molecule has 2 heterocycles. The zero-order valence-corrected chi connectivity index (χ0v) is 9.68. The van der Waals surface area contributed by atoms with E-state index in [-0.39, 0.29) is 5.91 Å². The molecular formula is C10H17N5O. The lowest BCUT2D eigenvalue weighted by Crippen LogP contribution is -2.43. The maximum Gasteiger partial charge on any atom is 0.276 e. The van der Waals surface area contributed by atoms with Crippen molar-refractivity contribution in [3.63, 3.8) is 0 Å². The van der Waals surface area contributed by atoms with Crippen LogP contribution in [0.15, 0.2) is 6.20 Å². The minimum Gasteiger partial charge on any atom is -0.338 e. The van der Waals surface area contributed by atoms with Crippen LogP contribution in [0.25, 0.3) is 0 Å². The van der Waals surface area contributed by atoms with Gasteiger partial charge in [-0.05, 0) is 13.8 Å². The van der Waals surface area contributed by atoms with E-state index in [1.165, 1.54) is 0 Å². The van der Waals surface area contributed by atoms with Crippen LogP contribution in [0.5, 0.6) is 0 Å². The van der Waals surface area contributed by atoms with Gasteiger partial charge in [0.15, 0.2) is 5.69 Å². The van der Waals surface area contributed by atoms with Gasteiger partial charge in [-0.25, -0.2) is 4.68 Å². The summed E-state index contributed by atoms with van der Waals surface area (Å²) >= 11 is 0. The molecule has 0 spiro atoms. The number of carbonyl (C=O) groups is 1. The number of nitrogens with zero attached hydrogens (tertiary/aromatic N) is 4. The van der Waals surface area contributed by atoms with Gasteiger partial charge in [0, 0.05) is 26.2 Å². The number of rotatable bonds is 4. The highest BCUT2D eigenvalue weighted by atomic mass is 16.2. The molecule has 1 N–H and O–H groups in total. The van der Waals surface area contributed by atoms with Crippen molar-refractivity contribution < 1.29 is 4.79 Å². The van der Waals surface area contributed by atoms with E-state index in [1.54, 1.807) is 15.8 Å². The van der Waals surface area contributed by atoms with E-state index < -0.39 is 0 Å². The van der Waals surface area contributed by atoms with Gasteiger partial charge in [0.1, 0.15) is 0 Å². The van der Waals surface area contributed by atoms with Gasteiger partial charge in [0.05, 0.1) is 12.2 Å². The van der Waals surface area contributed by atoms with E-state index in [0.29, 0.717) is 24.8 Å². The maximum absolute atomic E-state index is 11.9. The van der Waals surface area contributed by atoms with E-state index >= 15 is 0 Å². The Morgan fingerprint density at radius 3 is 2.75 bits per heavy atom. The van der Waals surface area contributed by atoms with E-state index in [1.807, 2.05) is 13.8 Å². The number of aromatic nitrogens is 3. The third kappa shape index (κ3) is 1.92. The van der Waals surface area contributed by atoms with E-state index in [9.17, 15) is 4.79 Å². The van der Waals surface area contributed by atoms with Crippen LogP contribution in [-0.2, 0) is 0 Å². The van der Waals surface area contributed by atoms with Gasteiger partial charge < -0.3 is 10.2 Å². The van der Waals surface area contributed by atoms with E-state index in [4.69, 9.17) is 0 Å². The summed E-state index contributed by atoms with van der Waals surface area (Å²) in [5.41, 5.74) is 0.440. The van der Waals surface area contributed by atoms with Crippen molar-refractivity contribution in [2.75, 3.05) is 26.2 Å². The van der Waals surface area contributed by atoms with Gasteiger partial charge in [0.25, 0.3) is 5.91 Å². The first-order valence-corrected chi connectivity index (χ1v) is 5.68. The highest BCUT2D eigenvalue weighted by molar-refractivity contribution is 5.91. The molecule has 0 saturated carbocycles. The number of hydrogen-bond donors (Lipinski definition) is 1. The van der Waals surface area contributed by atoms with Crippen molar-refractivity contribution in [2.24, 2.45) is 0 Å². The molecule has 1 fully saturated rings. The molecule has 6 heteroatoms. The minimum absolute atomic E-state index is 0.0384. The summed E-state index contributed by atoms with van der Waals surface area (Å²) in [6, 6.07) is 0.353. The highest BCUT2D eigenvalue weighted by Crippen LogP contribution is 2.10. The summed E-state index contributed by atoms with van der Waals surface area (Å²) in [6.07, 6.45) is 1.74. The van der Waals surface area contributed by atoms with Gasteiger partial charge >= 0.3 is 0 Å². The Labute approximate surface area is 94.6 Å². The predicted molar refractivity (Wildman–Crippen MR) is 59.2 cm³/mol. The summed E-state index contributed by atoms with van der Waals surface area (Å²) in [6.45, 7) is 7.13. The molecule has 1 aliphatic rings. The molecule has 1 saturated heterocycles. The van der Waals surface area contributed by atoms with Crippen molar-refractivity contribution in [1.29, 1.82) is 0 Å². The third-order valence-electron chi connectivity index (χ3n) is 2.91.